The molecular formula is C10H12N2O2S. The van der Waals surface area contributed by atoms with E-state index in [1.54, 1.807) is 19.2 Å². The second kappa shape index (κ2) is 4.55. The molecular weight excluding hydrogens is 212 g/mol. The minimum atomic E-state index is 0.660. The van der Waals surface area contributed by atoms with Crippen molar-refractivity contribution in [3.05, 3.63) is 18.2 Å². The Morgan fingerprint density at radius 2 is 2.40 bits per heavy atom. The number of hydrogen-bond acceptors (Lipinski definition) is 5. The molecule has 2 aromatic rings. The highest BCUT2D eigenvalue weighted by Crippen LogP contribution is 2.24. The summed E-state index contributed by atoms with van der Waals surface area (Å²) in [5.74, 6) is 0.832. The summed E-state index contributed by atoms with van der Waals surface area (Å²) in [7, 11) is 1.67. The van der Waals surface area contributed by atoms with Gasteiger partial charge in [0.25, 0.3) is 5.22 Å². The minimum Gasteiger partial charge on any atom is -0.431 e. The Hall–Kier alpha value is -1.20. The number of fused-ring (bicyclic) bond motifs is 1. The fourth-order valence-electron chi connectivity index (χ4n) is 1.20. The molecule has 0 fully saturated rings. The maximum absolute atomic E-state index is 5.65. The zero-order valence-corrected chi connectivity index (χ0v) is 9.21. The first-order valence-corrected chi connectivity index (χ1v) is 5.56. The number of aromatic nitrogens is 1. The molecule has 1 aromatic carbocycles. The van der Waals surface area contributed by atoms with Crippen molar-refractivity contribution in [1.82, 2.24) is 4.98 Å². The van der Waals surface area contributed by atoms with E-state index in [9.17, 15) is 0 Å². The third-order valence-electron chi connectivity index (χ3n) is 1.90. The summed E-state index contributed by atoms with van der Waals surface area (Å²) in [5.41, 5.74) is 7.91. The Morgan fingerprint density at radius 3 is 3.20 bits per heavy atom. The van der Waals surface area contributed by atoms with Crippen LogP contribution in [0.5, 0.6) is 0 Å². The molecule has 2 rings (SSSR count). The lowest BCUT2D eigenvalue weighted by Gasteiger charge is -1.93. The summed E-state index contributed by atoms with van der Waals surface area (Å²) < 4.78 is 10.5. The van der Waals surface area contributed by atoms with Gasteiger partial charge in [0, 0.05) is 18.6 Å². The Morgan fingerprint density at radius 1 is 1.53 bits per heavy atom. The maximum Gasteiger partial charge on any atom is 0.256 e. The van der Waals surface area contributed by atoms with Crippen LogP contribution in [0.3, 0.4) is 0 Å². The molecule has 80 valence electrons. The van der Waals surface area contributed by atoms with Gasteiger partial charge in [0.05, 0.1) is 6.61 Å². The largest absolute Gasteiger partial charge is 0.431 e. The average molecular weight is 224 g/mol. The first kappa shape index (κ1) is 10.3. The number of methoxy groups -OCH3 is 1. The molecule has 0 aliphatic carbocycles. The molecule has 0 spiro atoms. The Bertz CT molecular complexity index is 456. The lowest BCUT2D eigenvalue weighted by molar-refractivity contribution is 0.218. The number of anilines is 1. The van der Waals surface area contributed by atoms with Crippen LogP contribution in [-0.4, -0.2) is 24.5 Å². The monoisotopic (exact) mass is 224 g/mol. The lowest BCUT2D eigenvalue weighted by atomic mass is 10.3. The molecule has 0 unspecified atom stereocenters. The standard InChI is InChI=1S/C10H12N2O2S/c1-13-4-5-15-10-12-8-6-7(11)2-3-9(8)14-10/h2-3,6H,4-5,11H2,1H3. The molecule has 15 heavy (non-hydrogen) atoms. The number of nitrogen functional groups attached to an aromatic ring is 1. The third kappa shape index (κ3) is 2.43. The Kier molecular flexibility index (Phi) is 3.13. The van der Waals surface area contributed by atoms with E-state index in [1.807, 2.05) is 6.07 Å². The molecule has 0 radical (unpaired) electrons. The number of nitrogens with zero attached hydrogens (tertiary/aromatic N) is 1. The van der Waals surface area contributed by atoms with Crippen molar-refractivity contribution in [3.63, 3.8) is 0 Å². The normalized spacial score (nSPS) is 11.0. The number of hydrogen-bond donors (Lipinski definition) is 1. The molecule has 4 nitrogen and oxygen atoms in total. The van der Waals surface area contributed by atoms with E-state index >= 15 is 0 Å². The third-order valence-corrected chi connectivity index (χ3v) is 2.70. The molecule has 5 heteroatoms. The van der Waals surface area contributed by atoms with Gasteiger partial charge in [0.15, 0.2) is 5.58 Å². The van der Waals surface area contributed by atoms with Crippen LogP contribution < -0.4 is 5.73 Å². The van der Waals surface area contributed by atoms with Gasteiger partial charge in [-0.15, -0.1) is 0 Å². The molecule has 0 atom stereocenters. The van der Waals surface area contributed by atoms with Crippen molar-refractivity contribution < 1.29 is 9.15 Å². The molecule has 0 bridgehead atoms. The van der Waals surface area contributed by atoms with Crippen molar-refractivity contribution in [1.29, 1.82) is 0 Å². The number of thioether (sulfide) groups is 1. The fourth-order valence-corrected chi connectivity index (χ4v) is 1.93. The van der Waals surface area contributed by atoms with Crippen molar-refractivity contribution in [3.8, 4) is 0 Å². The maximum atomic E-state index is 5.65. The van der Waals surface area contributed by atoms with Crippen LogP contribution in [-0.2, 0) is 4.74 Å². The molecule has 0 saturated heterocycles. The van der Waals surface area contributed by atoms with Gasteiger partial charge in [-0.1, -0.05) is 11.8 Å². The smallest absolute Gasteiger partial charge is 0.256 e. The fraction of sp³-hybridized carbons (Fsp3) is 0.300. The van der Waals surface area contributed by atoms with Gasteiger partial charge in [-0.25, -0.2) is 4.98 Å². The van der Waals surface area contributed by atoms with Crippen LogP contribution in [0.2, 0.25) is 0 Å². The van der Waals surface area contributed by atoms with Gasteiger partial charge in [0.1, 0.15) is 5.52 Å². The summed E-state index contributed by atoms with van der Waals surface area (Å²) in [6, 6.07) is 5.44. The number of ether oxygens (including phenoxy) is 1. The topological polar surface area (TPSA) is 61.3 Å². The quantitative estimate of drug-likeness (QED) is 0.490. The van der Waals surface area contributed by atoms with Crippen LogP contribution >= 0.6 is 11.8 Å². The highest BCUT2D eigenvalue weighted by molar-refractivity contribution is 7.99. The minimum absolute atomic E-state index is 0.660. The van der Waals surface area contributed by atoms with Crippen LogP contribution in [0.15, 0.2) is 27.8 Å². The lowest BCUT2D eigenvalue weighted by Crippen LogP contribution is -1.90. The predicted octanol–water partition coefficient (Wildman–Crippen LogP) is 2.15. The molecule has 1 aromatic heterocycles. The first-order chi connectivity index (χ1) is 7.29. The SMILES string of the molecule is COCCSc1nc2cc(N)ccc2o1. The molecule has 0 saturated carbocycles. The van der Waals surface area contributed by atoms with Gasteiger partial charge in [-0.3, -0.25) is 0 Å². The number of benzene rings is 1. The number of rotatable bonds is 4. The second-order valence-electron chi connectivity index (χ2n) is 3.05. The summed E-state index contributed by atoms with van der Waals surface area (Å²) in [6.45, 7) is 0.686. The van der Waals surface area contributed by atoms with Gasteiger partial charge in [0.2, 0.25) is 0 Å². The molecule has 0 aliphatic heterocycles. The van der Waals surface area contributed by atoms with Crippen molar-refractivity contribution in [2.45, 2.75) is 5.22 Å². The van der Waals surface area contributed by atoms with E-state index in [1.165, 1.54) is 11.8 Å². The van der Waals surface area contributed by atoms with E-state index < -0.39 is 0 Å². The van der Waals surface area contributed by atoms with Crippen molar-refractivity contribution in [2.75, 3.05) is 25.2 Å². The van der Waals surface area contributed by atoms with E-state index in [0.29, 0.717) is 17.5 Å². The van der Waals surface area contributed by atoms with E-state index in [2.05, 4.69) is 4.98 Å². The molecule has 0 amide bonds. The highest BCUT2D eigenvalue weighted by Gasteiger charge is 2.05. The second-order valence-corrected chi connectivity index (χ2v) is 4.09. The summed E-state index contributed by atoms with van der Waals surface area (Å²) in [6.07, 6.45) is 0. The molecule has 0 aliphatic rings. The van der Waals surface area contributed by atoms with Crippen molar-refractivity contribution >= 4 is 28.5 Å². The average Bonchev–Trinajstić information content (AvgIpc) is 2.60. The van der Waals surface area contributed by atoms with Crippen LogP contribution in [0, 0.1) is 0 Å². The van der Waals surface area contributed by atoms with Gasteiger partial charge >= 0.3 is 0 Å². The Labute approximate surface area is 91.8 Å². The summed E-state index contributed by atoms with van der Waals surface area (Å²) in [5, 5.41) is 0.660. The van der Waals surface area contributed by atoms with E-state index in [4.69, 9.17) is 14.9 Å². The van der Waals surface area contributed by atoms with Crippen molar-refractivity contribution in [2.24, 2.45) is 0 Å². The van der Waals surface area contributed by atoms with E-state index in [0.717, 1.165) is 16.9 Å². The first-order valence-electron chi connectivity index (χ1n) is 4.57. The summed E-state index contributed by atoms with van der Waals surface area (Å²) >= 11 is 1.53. The highest BCUT2D eigenvalue weighted by atomic mass is 32.2. The summed E-state index contributed by atoms with van der Waals surface area (Å²) in [4.78, 5) is 4.31. The van der Waals surface area contributed by atoms with Gasteiger partial charge in [-0.2, -0.15) is 0 Å². The van der Waals surface area contributed by atoms with Gasteiger partial charge in [-0.05, 0) is 18.2 Å². The number of nitrogens with two attached hydrogens (primary N) is 1. The zero-order chi connectivity index (χ0) is 10.7. The van der Waals surface area contributed by atoms with Gasteiger partial charge < -0.3 is 14.9 Å². The predicted molar refractivity (Wildman–Crippen MR) is 61.0 cm³/mol. The van der Waals surface area contributed by atoms with Crippen LogP contribution in [0.25, 0.3) is 11.1 Å². The van der Waals surface area contributed by atoms with E-state index in [-0.39, 0.29) is 0 Å². The zero-order valence-electron chi connectivity index (χ0n) is 8.40. The van der Waals surface area contributed by atoms with Crippen LogP contribution in [0.4, 0.5) is 5.69 Å². The van der Waals surface area contributed by atoms with Crippen LogP contribution in [0.1, 0.15) is 0 Å². The Balaban J connectivity index is 2.16. The molecule has 1 heterocycles. The molecule has 2 N–H and O–H groups in total. The number of oxazole rings is 1.